The molecular formula is C12H22O. The molecule has 2 atom stereocenters. The average molecular weight is 182 g/mol. The van der Waals surface area contributed by atoms with Gasteiger partial charge in [-0.3, -0.25) is 0 Å². The van der Waals surface area contributed by atoms with Crippen LogP contribution in [0.25, 0.3) is 0 Å². The molecule has 2 aliphatic heterocycles. The molecule has 2 bridgehead atoms. The summed E-state index contributed by atoms with van der Waals surface area (Å²) < 4.78 is 6.06. The van der Waals surface area contributed by atoms with Gasteiger partial charge in [-0.2, -0.15) is 0 Å². The highest BCUT2D eigenvalue weighted by atomic mass is 16.5. The Balaban J connectivity index is 1.83. The van der Waals surface area contributed by atoms with Crippen molar-refractivity contribution in [2.45, 2.75) is 76.4 Å². The third-order valence-corrected chi connectivity index (χ3v) is 3.49. The molecule has 2 fully saturated rings. The highest BCUT2D eigenvalue weighted by Crippen LogP contribution is 2.27. The first-order chi connectivity index (χ1) is 6.45. The maximum absolute atomic E-state index is 6.06. The summed E-state index contributed by atoms with van der Waals surface area (Å²) in [4.78, 5) is 0. The molecule has 2 aliphatic rings. The van der Waals surface area contributed by atoms with E-state index < -0.39 is 0 Å². The summed E-state index contributed by atoms with van der Waals surface area (Å²) in [5, 5.41) is 0. The van der Waals surface area contributed by atoms with Crippen molar-refractivity contribution in [3.8, 4) is 0 Å². The van der Waals surface area contributed by atoms with Gasteiger partial charge in [0.1, 0.15) is 0 Å². The van der Waals surface area contributed by atoms with E-state index in [2.05, 4.69) is 0 Å². The van der Waals surface area contributed by atoms with Crippen LogP contribution < -0.4 is 0 Å². The predicted molar refractivity (Wildman–Crippen MR) is 54.8 cm³/mol. The van der Waals surface area contributed by atoms with Crippen molar-refractivity contribution in [1.29, 1.82) is 0 Å². The zero-order valence-corrected chi connectivity index (χ0v) is 8.63. The smallest absolute Gasteiger partial charge is 0.0579 e. The van der Waals surface area contributed by atoms with Crippen LogP contribution in [-0.2, 0) is 4.74 Å². The van der Waals surface area contributed by atoms with Gasteiger partial charge in [-0.15, -0.1) is 0 Å². The summed E-state index contributed by atoms with van der Waals surface area (Å²) in [5.41, 5.74) is 0. The Hall–Kier alpha value is -0.0400. The van der Waals surface area contributed by atoms with Crippen molar-refractivity contribution in [2.24, 2.45) is 0 Å². The van der Waals surface area contributed by atoms with Crippen LogP contribution in [0.3, 0.4) is 0 Å². The normalized spacial score (nSPS) is 36.9. The third kappa shape index (κ3) is 2.98. The first-order valence-corrected chi connectivity index (χ1v) is 6.10. The number of fused-ring (bicyclic) bond motifs is 2. The average Bonchev–Trinajstić information content (AvgIpc) is 2.17. The lowest BCUT2D eigenvalue weighted by Crippen LogP contribution is -2.27. The van der Waals surface area contributed by atoms with Gasteiger partial charge >= 0.3 is 0 Å². The van der Waals surface area contributed by atoms with Gasteiger partial charge in [0.2, 0.25) is 0 Å². The minimum atomic E-state index is 0.622. The number of hydrogen-bond donors (Lipinski definition) is 0. The number of rotatable bonds is 0. The molecule has 0 N–H and O–H groups in total. The number of hydrogen-bond acceptors (Lipinski definition) is 1. The Bertz CT molecular complexity index is 130. The van der Waals surface area contributed by atoms with Crippen LogP contribution in [0.15, 0.2) is 0 Å². The molecule has 0 radical (unpaired) electrons. The lowest BCUT2D eigenvalue weighted by molar-refractivity contribution is -0.0593. The molecule has 76 valence electrons. The topological polar surface area (TPSA) is 9.23 Å². The van der Waals surface area contributed by atoms with Crippen molar-refractivity contribution >= 4 is 0 Å². The fourth-order valence-electron chi connectivity index (χ4n) is 2.68. The van der Waals surface area contributed by atoms with E-state index >= 15 is 0 Å². The van der Waals surface area contributed by atoms with Crippen molar-refractivity contribution in [1.82, 2.24) is 0 Å². The highest BCUT2D eigenvalue weighted by Gasteiger charge is 2.22. The van der Waals surface area contributed by atoms with E-state index in [1.807, 2.05) is 0 Å². The zero-order chi connectivity index (χ0) is 8.93. The van der Waals surface area contributed by atoms with Crippen molar-refractivity contribution < 1.29 is 4.74 Å². The van der Waals surface area contributed by atoms with Crippen LogP contribution in [0.1, 0.15) is 64.2 Å². The van der Waals surface area contributed by atoms with E-state index in [4.69, 9.17) is 4.74 Å². The molecule has 0 spiro atoms. The van der Waals surface area contributed by atoms with Crippen LogP contribution in [0.4, 0.5) is 0 Å². The molecule has 1 heteroatoms. The molecular weight excluding hydrogens is 160 g/mol. The van der Waals surface area contributed by atoms with Crippen molar-refractivity contribution in [3.63, 3.8) is 0 Å². The lowest BCUT2D eigenvalue weighted by Gasteiger charge is -2.31. The lowest BCUT2D eigenvalue weighted by atomic mass is 9.94. The van der Waals surface area contributed by atoms with E-state index in [0.717, 1.165) is 0 Å². The molecule has 0 aliphatic carbocycles. The summed E-state index contributed by atoms with van der Waals surface area (Å²) in [6, 6.07) is 0. The van der Waals surface area contributed by atoms with Crippen molar-refractivity contribution in [2.75, 3.05) is 0 Å². The summed E-state index contributed by atoms with van der Waals surface area (Å²) in [6.45, 7) is 0. The number of ether oxygens (including phenoxy) is 1. The SMILES string of the molecule is C1CCCC2CCCC(CCC1)O2. The molecule has 0 amide bonds. The Labute approximate surface area is 81.9 Å². The van der Waals surface area contributed by atoms with Crippen LogP contribution >= 0.6 is 0 Å². The highest BCUT2D eigenvalue weighted by molar-refractivity contribution is 4.72. The van der Waals surface area contributed by atoms with E-state index in [1.165, 1.54) is 64.2 Å². The quantitative estimate of drug-likeness (QED) is 0.555. The monoisotopic (exact) mass is 182 g/mol. The van der Waals surface area contributed by atoms with Gasteiger partial charge in [0, 0.05) is 0 Å². The summed E-state index contributed by atoms with van der Waals surface area (Å²) in [6.07, 6.45) is 15.1. The van der Waals surface area contributed by atoms with Gasteiger partial charge in [0.05, 0.1) is 12.2 Å². The predicted octanol–water partition coefficient (Wildman–Crippen LogP) is 3.67. The maximum atomic E-state index is 6.06. The van der Waals surface area contributed by atoms with Crippen LogP contribution in [0, 0.1) is 0 Å². The van der Waals surface area contributed by atoms with Crippen LogP contribution in [-0.4, -0.2) is 12.2 Å². The molecule has 13 heavy (non-hydrogen) atoms. The summed E-state index contributed by atoms with van der Waals surface area (Å²) >= 11 is 0. The fraction of sp³-hybridized carbons (Fsp3) is 1.00. The van der Waals surface area contributed by atoms with Crippen LogP contribution in [0.2, 0.25) is 0 Å². The summed E-state index contributed by atoms with van der Waals surface area (Å²) in [5.74, 6) is 0. The van der Waals surface area contributed by atoms with E-state index in [9.17, 15) is 0 Å². The van der Waals surface area contributed by atoms with Gasteiger partial charge in [-0.25, -0.2) is 0 Å². The van der Waals surface area contributed by atoms with E-state index in [1.54, 1.807) is 0 Å². The van der Waals surface area contributed by atoms with Gasteiger partial charge in [0.15, 0.2) is 0 Å². The minimum Gasteiger partial charge on any atom is -0.375 e. The second-order valence-corrected chi connectivity index (χ2v) is 4.66. The Kier molecular flexibility index (Phi) is 3.65. The van der Waals surface area contributed by atoms with Crippen LogP contribution in [0.5, 0.6) is 0 Å². The Morgan fingerprint density at radius 2 is 1.00 bits per heavy atom. The first-order valence-electron chi connectivity index (χ1n) is 6.10. The molecule has 0 saturated carbocycles. The van der Waals surface area contributed by atoms with Gasteiger partial charge in [-0.05, 0) is 32.1 Å². The first kappa shape index (κ1) is 9.51. The molecule has 2 saturated heterocycles. The Morgan fingerprint density at radius 3 is 1.62 bits per heavy atom. The Morgan fingerprint density at radius 1 is 0.538 bits per heavy atom. The van der Waals surface area contributed by atoms with Gasteiger partial charge in [-0.1, -0.05) is 32.1 Å². The molecule has 2 unspecified atom stereocenters. The summed E-state index contributed by atoms with van der Waals surface area (Å²) in [7, 11) is 0. The second-order valence-electron chi connectivity index (χ2n) is 4.66. The van der Waals surface area contributed by atoms with Gasteiger partial charge < -0.3 is 4.74 Å². The zero-order valence-electron chi connectivity index (χ0n) is 8.63. The molecule has 0 aromatic rings. The minimum absolute atomic E-state index is 0.622. The van der Waals surface area contributed by atoms with Crippen molar-refractivity contribution in [3.05, 3.63) is 0 Å². The maximum Gasteiger partial charge on any atom is 0.0579 e. The molecule has 2 heterocycles. The van der Waals surface area contributed by atoms with E-state index in [-0.39, 0.29) is 0 Å². The fourth-order valence-corrected chi connectivity index (χ4v) is 2.68. The van der Waals surface area contributed by atoms with Gasteiger partial charge in [0.25, 0.3) is 0 Å². The second kappa shape index (κ2) is 4.99. The third-order valence-electron chi connectivity index (χ3n) is 3.49. The molecule has 0 aromatic heterocycles. The van der Waals surface area contributed by atoms with E-state index in [0.29, 0.717) is 12.2 Å². The molecule has 0 aromatic carbocycles. The standard InChI is InChI=1S/C12H22O/c1-2-4-7-11-9-6-10-12(13-11)8-5-3-1/h11-12H,1-10H2. The molecule has 1 nitrogen and oxygen atoms in total. The molecule has 2 rings (SSSR count). The largest absolute Gasteiger partial charge is 0.375 e.